The molecule has 0 fully saturated rings. The van der Waals surface area contributed by atoms with E-state index in [1.165, 1.54) is 23.5 Å². The Kier molecular flexibility index (Phi) is 5.46. The maximum atomic E-state index is 12.5. The number of sulfonamides is 1. The zero-order chi connectivity index (χ0) is 15.3. The van der Waals surface area contributed by atoms with E-state index < -0.39 is 14.9 Å². The van der Waals surface area contributed by atoms with Crippen molar-refractivity contribution in [2.45, 2.75) is 24.7 Å². The molecule has 7 nitrogen and oxygen atoms in total. The number of hydrogen-bond acceptors (Lipinski definition) is 5. The molecule has 0 aliphatic rings. The van der Waals surface area contributed by atoms with Crippen LogP contribution in [0.5, 0.6) is 0 Å². The van der Waals surface area contributed by atoms with E-state index in [-0.39, 0.29) is 10.6 Å². The molecule has 0 bridgehead atoms. The van der Waals surface area contributed by atoms with Crippen molar-refractivity contribution in [3.63, 3.8) is 0 Å². The molecule has 20 heavy (non-hydrogen) atoms. The molecule has 0 saturated heterocycles. The highest BCUT2D eigenvalue weighted by molar-refractivity contribution is 7.89. The number of non-ortho nitro benzene ring substituents is 1. The first-order valence-electron chi connectivity index (χ1n) is 6.27. The van der Waals surface area contributed by atoms with Gasteiger partial charge in [-0.15, -0.1) is 0 Å². The molecular weight excluding hydrogens is 282 g/mol. The maximum absolute atomic E-state index is 12.5. The van der Waals surface area contributed by atoms with Gasteiger partial charge >= 0.3 is 0 Å². The molecule has 0 heterocycles. The summed E-state index contributed by atoms with van der Waals surface area (Å²) in [5.41, 5.74) is 0.102. The van der Waals surface area contributed by atoms with Crippen LogP contribution in [0.25, 0.3) is 0 Å². The number of unbranched alkanes of at least 4 members (excludes halogenated alkanes) is 1. The molecular formula is C12H19N3O4S. The summed E-state index contributed by atoms with van der Waals surface area (Å²) in [6.07, 6.45) is 1.60. The minimum atomic E-state index is -3.74. The predicted molar refractivity (Wildman–Crippen MR) is 77.4 cm³/mol. The first-order valence-corrected chi connectivity index (χ1v) is 7.71. The first-order chi connectivity index (χ1) is 9.34. The fourth-order valence-electron chi connectivity index (χ4n) is 1.71. The van der Waals surface area contributed by atoms with E-state index >= 15 is 0 Å². The third-order valence-electron chi connectivity index (χ3n) is 2.96. The number of nitrogens with zero attached hydrogens (tertiary/aromatic N) is 2. The van der Waals surface area contributed by atoms with Gasteiger partial charge in [0.1, 0.15) is 4.90 Å². The summed E-state index contributed by atoms with van der Waals surface area (Å²) in [5.74, 6) is 0. The van der Waals surface area contributed by atoms with Gasteiger partial charge in [-0.05, 0) is 12.5 Å². The monoisotopic (exact) mass is 301 g/mol. The Labute approximate surface area is 118 Å². The number of hydrogen-bond donors (Lipinski definition) is 1. The molecule has 0 aliphatic carbocycles. The van der Waals surface area contributed by atoms with Gasteiger partial charge in [-0.3, -0.25) is 10.1 Å². The predicted octanol–water partition coefficient (Wildman–Crippen LogP) is 2.06. The van der Waals surface area contributed by atoms with Crippen LogP contribution in [0.15, 0.2) is 23.1 Å². The van der Waals surface area contributed by atoms with Crippen LogP contribution in [0.1, 0.15) is 19.8 Å². The molecule has 0 aromatic heterocycles. The Morgan fingerprint density at radius 1 is 1.40 bits per heavy atom. The van der Waals surface area contributed by atoms with Gasteiger partial charge in [0.05, 0.1) is 10.6 Å². The third kappa shape index (κ3) is 3.45. The van der Waals surface area contributed by atoms with Gasteiger partial charge in [0, 0.05) is 32.8 Å². The van der Waals surface area contributed by atoms with Crippen molar-refractivity contribution in [1.29, 1.82) is 0 Å². The van der Waals surface area contributed by atoms with Crippen LogP contribution in [-0.2, 0) is 10.0 Å². The Morgan fingerprint density at radius 2 is 2.05 bits per heavy atom. The summed E-state index contributed by atoms with van der Waals surface area (Å²) < 4.78 is 26.1. The van der Waals surface area contributed by atoms with E-state index in [4.69, 9.17) is 0 Å². The van der Waals surface area contributed by atoms with Crippen LogP contribution in [-0.4, -0.2) is 38.3 Å². The van der Waals surface area contributed by atoms with Gasteiger partial charge in [-0.2, -0.15) is 0 Å². The second kappa shape index (κ2) is 6.67. The number of rotatable bonds is 7. The minimum Gasteiger partial charge on any atom is -0.387 e. The lowest BCUT2D eigenvalue weighted by Crippen LogP contribution is -2.28. The van der Waals surface area contributed by atoms with E-state index in [0.717, 1.165) is 18.9 Å². The van der Waals surface area contributed by atoms with Gasteiger partial charge < -0.3 is 5.32 Å². The second-order valence-electron chi connectivity index (χ2n) is 4.37. The van der Waals surface area contributed by atoms with Crippen molar-refractivity contribution in [3.8, 4) is 0 Å². The van der Waals surface area contributed by atoms with Gasteiger partial charge in [-0.1, -0.05) is 13.3 Å². The summed E-state index contributed by atoms with van der Waals surface area (Å²) in [6, 6.07) is 3.76. The number of nitrogens with one attached hydrogen (secondary N) is 1. The van der Waals surface area contributed by atoms with Gasteiger partial charge in [0.15, 0.2) is 0 Å². The summed E-state index contributed by atoms with van der Waals surface area (Å²) in [4.78, 5) is 10.1. The van der Waals surface area contributed by atoms with Crippen LogP contribution in [0.3, 0.4) is 0 Å². The van der Waals surface area contributed by atoms with Crippen LogP contribution in [0.2, 0.25) is 0 Å². The van der Waals surface area contributed by atoms with Crippen molar-refractivity contribution >= 4 is 21.4 Å². The molecule has 0 radical (unpaired) electrons. The SMILES string of the molecule is CCCCN(C)S(=O)(=O)c1cc([N+](=O)[O-])ccc1NC. The normalized spacial score (nSPS) is 11.6. The maximum Gasteiger partial charge on any atom is 0.270 e. The van der Waals surface area contributed by atoms with Crippen molar-refractivity contribution in [2.24, 2.45) is 0 Å². The highest BCUT2D eigenvalue weighted by Crippen LogP contribution is 2.28. The van der Waals surface area contributed by atoms with Crippen molar-refractivity contribution in [3.05, 3.63) is 28.3 Å². The second-order valence-corrected chi connectivity index (χ2v) is 6.38. The zero-order valence-electron chi connectivity index (χ0n) is 11.8. The number of nitro benzene ring substituents is 1. The lowest BCUT2D eigenvalue weighted by molar-refractivity contribution is -0.385. The number of nitro groups is 1. The van der Waals surface area contributed by atoms with Crippen LogP contribution in [0, 0.1) is 10.1 Å². The largest absolute Gasteiger partial charge is 0.387 e. The zero-order valence-corrected chi connectivity index (χ0v) is 12.6. The molecule has 0 atom stereocenters. The Balaban J connectivity index is 3.27. The first kappa shape index (κ1) is 16.4. The van der Waals surface area contributed by atoms with E-state index in [0.29, 0.717) is 12.2 Å². The number of benzene rings is 1. The molecule has 112 valence electrons. The van der Waals surface area contributed by atoms with Crippen molar-refractivity contribution < 1.29 is 13.3 Å². The van der Waals surface area contributed by atoms with Crippen LogP contribution < -0.4 is 5.32 Å². The average Bonchev–Trinajstić information content (AvgIpc) is 2.43. The Hall–Kier alpha value is -1.67. The lowest BCUT2D eigenvalue weighted by Gasteiger charge is -2.18. The molecule has 1 rings (SSSR count). The molecule has 1 aromatic rings. The smallest absolute Gasteiger partial charge is 0.270 e. The topological polar surface area (TPSA) is 92.5 Å². The molecule has 0 aliphatic heterocycles. The third-order valence-corrected chi connectivity index (χ3v) is 4.86. The van der Waals surface area contributed by atoms with Crippen LogP contribution in [0.4, 0.5) is 11.4 Å². The highest BCUT2D eigenvalue weighted by atomic mass is 32.2. The lowest BCUT2D eigenvalue weighted by atomic mass is 10.3. The molecule has 0 amide bonds. The quantitative estimate of drug-likeness (QED) is 0.614. The van der Waals surface area contributed by atoms with Crippen molar-refractivity contribution in [2.75, 3.05) is 26.0 Å². The summed E-state index contributed by atoms with van der Waals surface area (Å²) in [6.45, 7) is 2.34. The van der Waals surface area contributed by atoms with E-state index in [2.05, 4.69) is 5.32 Å². The summed E-state index contributed by atoms with van der Waals surface area (Å²) in [5, 5.41) is 13.5. The summed E-state index contributed by atoms with van der Waals surface area (Å²) in [7, 11) is -0.693. The van der Waals surface area contributed by atoms with Crippen LogP contribution >= 0.6 is 0 Å². The molecule has 0 unspecified atom stereocenters. The van der Waals surface area contributed by atoms with Gasteiger partial charge in [0.2, 0.25) is 10.0 Å². The molecule has 0 spiro atoms. The standard InChI is InChI=1S/C12H19N3O4S/c1-4-5-8-14(3)20(18,19)12-9-10(15(16)17)6-7-11(12)13-2/h6-7,9,13H,4-5,8H2,1-3H3. The average molecular weight is 301 g/mol. The summed E-state index contributed by atoms with van der Waals surface area (Å²) >= 11 is 0. The number of anilines is 1. The van der Waals surface area contributed by atoms with E-state index in [9.17, 15) is 18.5 Å². The minimum absolute atomic E-state index is 0.0761. The molecule has 8 heteroatoms. The van der Waals surface area contributed by atoms with Gasteiger partial charge in [-0.25, -0.2) is 12.7 Å². The van der Waals surface area contributed by atoms with Gasteiger partial charge in [0.25, 0.3) is 5.69 Å². The fraction of sp³-hybridized carbons (Fsp3) is 0.500. The Bertz CT molecular complexity index is 586. The Morgan fingerprint density at radius 3 is 2.55 bits per heavy atom. The molecule has 0 saturated carbocycles. The highest BCUT2D eigenvalue weighted by Gasteiger charge is 2.25. The van der Waals surface area contributed by atoms with E-state index in [1.807, 2.05) is 6.92 Å². The molecule has 1 N–H and O–H groups in total. The van der Waals surface area contributed by atoms with Crippen molar-refractivity contribution in [1.82, 2.24) is 4.31 Å². The molecule has 1 aromatic carbocycles. The van der Waals surface area contributed by atoms with E-state index in [1.54, 1.807) is 7.05 Å². The fourth-order valence-corrected chi connectivity index (χ4v) is 3.14.